The number of β-lactam (4-membered cyclic amide) rings is 1. The van der Waals surface area contributed by atoms with Gasteiger partial charge in [0, 0.05) is 5.69 Å². The smallest absolute Gasteiger partial charge is 0.246 e. The van der Waals surface area contributed by atoms with Crippen LogP contribution in [0.5, 0.6) is 0 Å². The van der Waals surface area contributed by atoms with Crippen molar-refractivity contribution in [3.05, 3.63) is 29.8 Å². The van der Waals surface area contributed by atoms with E-state index >= 15 is 0 Å². The van der Waals surface area contributed by atoms with Gasteiger partial charge in [0.05, 0.1) is 6.04 Å². The minimum atomic E-state index is -0.329. The van der Waals surface area contributed by atoms with Crippen molar-refractivity contribution in [2.24, 2.45) is 5.73 Å². The van der Waals surface area contributed by atoms with Gasteiger partial charge < -0.3 is 10.6 Å². The molecule has 2 atom stereocenters. The number of hydrogen-bond acceptors (Lipinski definition) is 2. The molecule has 2 rings (SSSR count). The third-order valence-electron chi connectivity index (χ3n) is 3.29. The highest BCUT2D eigenvalue weighted by Crippen LogP contribution is 2.28. The largest absolute Gasteiger partial charge is 0.318 e. The fourth-order valence-electron chi connectivity index (χ4n) is 2.03. The normalized spacial score (nSPS) is 24.8. The predicted octanol–water partition coefficient (Wildman–Crippen LogP) is 1.87. The fourth-order valence-corrected chi connectivity index (χ4v) is 2.03. The average molecular weight is 218 g/mol. The zero-order valence-electron chi connectivity index (χ0n) is 9.97. The van der Waals surface area contributed by atoms with E-state index < -0.39 is 0 Å². The van der Waals surface area contributed by atoms with E-state index in [1.165, 1.54) is 5.56 Å². The summed E-state index contributed by atoms with van der Waals surface area (Å²) in [7, 11) is 0. The second kappa shape index (κ2) is 3.91. The Morgan fingerprint density at radius 2 is 1.81 bits per heavy atom. The zero-order chi connectivity index (χ0) is 11.9. The molecule has 2 N–H and O–H groups in total. The van der Waals surface area contributed by atoms with Gasteiger partial charge in [0.2, 0.25) is 5.91 Å². The lowest BCUT2D eigenvalue weighted by Crippen LogP contribution is -2.67. The Morgan fingerprint density at radius 3 is 2.25 bits per heavy atom. The Labute approximate surface area is 96.2 Å². The number of hydrogen-bond donors (Lipinski definition) is 1. The number of nitrogens with two attached hydrogens (primary N) is 1. The third-order valence-corrected chi connectivity index (χ3v) is 3.29. The summed E-state index contributed by atoms with van der Waals surface area (Å²) in [6.07, 6.45) is 0. The maximum absolute atomic E-state index is 11.6. The van der Waals surface area contributed by atoms with Crippen LogP contribution in [0.3, 0.4) is 0 Å². The van der Waals surface area contributed by atoms with Crippen LogP contribution in [0.4, 0.5) is 5.69 Å². The first-order valence-electron chi connectivity index (χ1n) is 5.71. The molecule has 0 spiro atoms. The van der Waals surface area contributed by atoms with Crippen molar-refractivity contribution in [1.82, 2.24) is 0 Å². The van der Waals surface area contributed by atoms with Gasteiger partial charge in [-0.1, -0.05) is 26.0 Å². The summed E-state index contributed by atoms with van der Waals surface area (Å²) >= 11 is 0. The zero-order valence-corrected chi connectivity index (χ0v) is 9.97. The van der Waals surface area contributed by atoms with Crippen LogP contribution in [0.25, 0.3) is 0 Å². The van der Waals surface area contributed by atoms with Gasteiger partial charge >= 0.3 is 0 Å². The van der Waals surface area contributed by atoms with Crippen molar-refractivity contribution in [2.75, 3.05) is 4.90 Å². The van der Waals surface area contributed by atoms with Crippen LogP contribution in [0.2, 0.25) is 0 Å². The number of anilines is 1. The van der Waals surface area contributed by atoms with Crippen LogP contribution >= 0.6 is 0 Å². The molecule has 2 unspecified atom stereocenters. The molecule has 0 saturated carbocycles. The van der Waals surface area contributed by atoms with Gasteiger partial charge in [-0.15, -0.1) is 0 Å². The summed E-state index contributed by atoms with van der Waals surface area (Å²) in [5, 5.41) is 0. The van der Waals surface area contributed by atoms with Gasteiger partial charge in [-0.2, -0.15) is 0 Å². The van der Waals surface area contributed by atoms with E-state index in [-0.39, 0.29) is 18.0 Å². The Kier molecular flexibility index (Phi) is 2.72. The molecule has 1 aliphatic rings. The van der Waals surface area contributed by atoms with E-state index in [9.17, 15) is 4.79 Å². The van der Waals surface area contributed by atoms with Gasteiger partial charge in [0.1, 0.15) is 6.04 Å². The van der Waals surface area contributed by atoms with Gasteiger partial charge in [0.25, 0.3) is 0 Å². The highest BCUT2D eigenvalue weighted by Gasteiger charge is 2.42. The third kappa shape index (κ3) is 1.61. The fraction of sp³-hybridized carbons (Fsp3) is 0.462. The molecule has 1 aliphatic heterocycles. The number of amides is 1. The lowest BCUT2D eigenvalue weighted by molar-refractivity contribution is -0.125. The van der Waals surface area contributed by atoms with E-state index in [1.54, 1.807) is 4.90 Å². The maximum Gasteiger partial charge on any atom is 0.246 e. The molecule has 16 heavy (non-hydrogen) atoms. The average Bonchev–Trinajstić information content (AvgIpc) is 2.29. The van der Waals surface area contributed by atoms with Crippen LogP contribution in [0.15, 0.2) is 24.3 Å². The Bertz CT molecular complexity index is 397. The lowest BCUT2D eigenvalue weighted by Gasteiger charge is -2.43. The molecule has 1 saturated heterocycles. The van der Waals surface area contributed by atoms with E-state index in [0.717, 1.165) is 5.69 Å². The van der Waals surface area contributed by atoms with Gasteiger partial charge in [0.15, 0.2) is 0 Å². The quantitative estimate of drug-likeness (QED) is 0.770. The SMILES string of the molecule is CC(C)c1ccc(N2C(=O)C(N)C2C)cc1. The molecule has 1 aromatic rings. The molecule has 1 fully saturated rings. The van der Waals surface area contributed by atoms with Crippen molar-refractivity contribution in [3.63, 3.8) is 0 Å². The molecule has 86 valence electrons. The first kappa shape index (κ1) is 11.1. The summed E-state index contributed by atoms with van der Waals surface area (Å²) in [6, 6.07) is 7.92. The van der Waals surface area contributed by atoms with Crippen molar-refractivity contribution >= 4 is 11.6 Å². The Hall–Kier alpha value is -1.35. The summed E-state index contributed by atoms with van der Waals surface area (Å²) in [5.41, 5.74) is 7.91. The predicted molar refractivity (Wildman–Crippen MR) is 65.5 cm³/mol. The van der Waals surface area contributed by atoms with Crippen molar-refractivity contribution in [3.8, 4) is 0 Å². The molecule has 1 aromatic carbocycles. The number of benzene rings is 1. The molecule has 1 amide bonds. The van der Waals surface area contributed by atoms with Crippen LogP contribution in [0, 0.1) is 0 Å². The molecule has 0 aliphatic carbocycles. The Morgan fingerprint density at radius 1 is 1.25 bits per heavy atom. The van der Waals surface area contributed by atoms with Crippen LogP contribution < -0.4 is 10.6 Å². The first-order chi connectivity index (χ1) is 7.52. The molecule has 0 radical (unpaired) electrons. The minimum Gasteiger partial charge on any atom is -0.318 e. The Balaban J connectivity index is 2.20. The molecule has 0 bridgehead atoms. The minimum absolute atomic E-state index is 0.0183. The highest BCUT2D eigenvalue weighted by molar-refractivity contribution is 6.05. The van der Waals surface area contributed by atoms with Crippen molar-refractivity contribution in [1.29, 1.82) is 0 Å². The number of carbonyl (C=O) groups is 1. The van der Waals surface area contributed by atoms with Crippen molar-refractivity contribution < 1.29 is 4.79 Å². The monoisotopic (exact) mass is 218 g/mol. The number of carbonyl (C=O) groups excluding carboxylic acids is 1. The molecular formula is C13H18N2O. The van der Waals surface area contributed by atoms with Gasteiger partial charge in [-0.3, -0.25) is 4.79 Å². The standard InChI is InChI=1S/C13H18N2O/c1-8(2)10-4-6-11(7-5-10)15-9(3)12(14)13(15)16/h4-9,12H,14H2,1-3H3. The summed E-state index contributed by atoms with van der Waals surface area (Å²) in [5.74, 6) is 0.533. The van der Waals surface area contributed by atoms with Crippen LogP contribution in [-0.2, 0) is 4.79 Å². The van der Waals surface area contributed by atoms with Crippen LogP contribution in [0.1, 0.15) is 32.3 Å². The molecule has 0 aromatic heterocycles. The van der Waals surface area contributed by atoms with E-state index in [0.29, 0.717) is 5.92 Å². The van der Waals surface area contributed by atoms with Gasteiger partial charge in [-0.25, -0.2) is 0 Å². The topological polar surface area (TPSA) is 46.3 Å². The number of rotatable bonds is 2. The maximum atomic E-state index is 11.6. The highest BCUT2D eigenvalue weighted by atomic mass is 16.2. The second-order valence-electron chi connectivity index (χ2n) is 4.72. The van der Waals surface area contributed by atoms with Crippen LogP contribution in [-0.4, -0.2) is 18.0 Å². The van der Waals surface area contributed by atoms with E-state index in [2.05, 4.69) is 26.0 Å². The summed E-state index contributed by atoms with van der Waals surface area (Å²) in [4.78, 5) is 13.4. The summed E-state index contributed by atoms with van der Waals surface area (Å²) < 4.78 is 0. The summed E-state index contributed by atoms with van der Waals surface area (Å²) in [6.45, 7) is 6.28. The first-order valence-corrected chi connectivity index (χ1v) is 5.71. The van der Waals surface area contributed by atoms with E-state index in [4.69, 9.17) is 5.73 Å². The molecule has 3 heteroatoms. The van der Waals surface area contributed by atoms with Crippen molar-refractivity contribution in [2.45, 2.75) is 38.8 Å². The van der Waals surface area contributed by atoms with E-state index in [1.807, 2.05) is 19.1 Å². The molecule has 1 heterocycles. The van der Waals surface area contributed by atoms with Gasteiger partial charge in [-0.05, 0) is 30.5 Å². The lowest BCUT2D eigenvalue weighted by atomic mass is 9.95. The second-order valence-corrected chi connectivity index (χ2v) is 4.72. The molecular weight excluding hydrogens is 200 g/mol. The molecule has 3 nitrogen and oxygen atoms in total. The number of nitrogens with zero attached hydrogens (tertiary/aromatic N) is 1.